The van der Waals surface area contributed by atoms with Crippen LogP contribution in [0.2, 0.25) is 0 Å². The fourth-order valence-corrected chi connectivity index (χ4v) is 3.48. The van der Waals surface area contributed by atoms with Gasteiger partial charge in [0.15, 0.2) is 5.82 Å². The molecule has 0 bridgehead atoms. The molecule has 3 rings (SSSR count). The van der Waals surface area contributed by atoms with Gasteiger partial charge in [-0.05, 0) is 22.0 Å². The Bertz CT molecular complexity index is 720. The van der Waals surface area contributed by atoms with Crippen LogP contribution in [0.5, 0.6) is 6.01 Å². The summed E-state index contributed by atoms with van der Waals surface area (Å²) in [6, 6.07) is 2.00. The first kappa shape index (κ1) is 17.1. The average Bonchev–Trinajstić information content (AvgIpc) is 3.06. The number of morpholine rings is 1. The number of carbonyl (C=O) groups excluding carboxylic acids is 1. The first-order valence-corrected chi connectivity index (χ1v) is 8.97. The van der Waals surface area contributed by atoms with Crippen molar-refractivity contribution in [3.63, 3.8) is 0 Å². The molecule has 8 nitrogen and oxygen atoms in total. The number of nitrogens with one attached hydrogen (secondary N) is 1. The van der Waals surface area contributed by atoms with Crippen LogP contribution in [0.1, 0.15) is 15.5 Å². The predicted octanol–water partition coefficient (Wildman–Crippen LogP) is 1.47. The zero-order chi connectivity index (χ0) is 16.9. The molecular weight excluding hydrogens is 398 g/mol. The molecule has 24 heavy (non-hydrogen) atoms. The van der Waals surface area contributed by atoms with E-state index < -0.39 is 0 Å². The number of thiophene rings is 1. The second-order valence-electron chi connectivity index (χ2n) is 4.95. The van der Waals surface area contributed by atoms with Gasteiger partial charge >= 0.3 is 6.01 Å². The monoisotopic (exact) mass is 413 g/mol. The molecule has 0 atom stereocenters. The summed E-state index contributed by atoms with van der Waals surface area (Å²) < 4.78 is 11.4. The molecule has 3 heterocycles. The Morgan fingerprint density at radius 2 is 2.21 bits per heavy atom. The van der Waals surface area contributed by atoms with Crippen molar-refractivity contribution in [1.82, 2.24) is 20.3 Å². The minimum absolute atomic E-state index is 0.169. The van der Waals surface area contributed by atoms with E-state index in [1.165, 1.54) is 18.4 Å². The minimum atomic E-state index is -0.169. The van der Waals surface area contributed by atoms with Crippen molar-refractivity contribution in [2.24, 2.45) is 0 Å². The number of hydrogen-bond donors (Lipinski definition) is 1. The first-order chi connectivity index (χ1) is 11.7. The van der Waals surface area contributed by atoms with Crippen molar-refractivity contribution in [3.8, 4) is 6.01 Å². The Labute approximate surface area is 151 Å². The van der Waals surface area contributed by atoms with Crippen molar-refractivity contribution in [2.45, 2.75) is 6.54 Å². The summed E-state index contributed by atoms with van der Waals surface area (Å²) in [5.74, 6) is 0.818. The van der Waals surface area contributed by atoms with E-state index >= 15 is 0 Å². The number of nitrogens with zero attached hydrogens (tertiary/aromatic N) is 4. The quantitative estimate of drug-likeness (QED) is 0.793. The van der Waals surface area contributed by atoms with Gasteiger partial charge < -0.3 is 19.7 Å². The van der Waals surface area contributed by atoms with Gasteiger partial charge in [-0.15, -0.1) is 11.3 Å². The number of methoxy groups -OCH3 is 1. The molecule has 1 fully saturated rings. The van der Waals surface area contributed by atoms with Crippen molar-refractivity contribution >= 4 is 39.1 Å². The molecule has 2 aromatic rings. The van der Waals surface area contributed by atoms with Gasteiger partial charge in [-0.3, -0.25) is 4.79 Å². The van der Waals surface area contributed by atoms with E-state index in [4.69, 9.17) is 9.47 Å². The molecule has 0 aliphatic carbocycles. The highest BCUT2D eigenvalue weighted by Gasteiger charge is 2.17. The fourth-order valence-electron chi connectivity index (χ4n) is 2.14. The number of carbonyl (C=O) groups is 1. The number of aromatic nitrogens is 3. The SMILES string of the molecule is COc1nc(CNC(=O)c2cc(Br)cs2)nc(N2CCOCC2)n1. The Balaban J connectivity index is 1.71. The molecule has 1 amide bonds. The van der Waals surface area contributed by atoms with Crippen molar-refractivity contribution in [1.29, 1.82) is 0 Å². The summed E-state index contributed by atoms with van der Waals surface area (Å²) in [6.45, 7) is 2.88. The van der Waals surface area contributed by atoms with E-state index in [9.17, 15) is 4.79 Å². The molecule has 0 saturated carbocycles. The zero-order valence-corrected chi connectivity index (χ0v) is 15.4. The Morgan fingerprint density at radius 3 is 2.88 bits per heavy atom. The molecule has 2 aromatic heterocycles. The average molecular weight is 414 g/mol. The van der Waals surface area contributed by atoms with Gasteiger partial charge in [-0.1, -0.05) is 0 Å². The second kappa shape index (κ2) is 7.86. The normalized spacial score (nSPS) is 14.5. The number of hydrogen-bond acceptors (Lipinski definition) is 8. The summed E-state index contributed by atoms with van der Waals surface area (Å²) in [6.07, 6.45) is 0. The molecule has 10 heteroatoms. The lowest BCUT2D eigenvalue weighted by molar-refractivity contribution is 0.0953. The molecule has 0 radical (unpaired) electrons. The highest BCUT2D eigenvalue weighted by Crippen LogP contribution is 2.19. The van der Waals surface area contributed by atoms with Crippen LogP contribution in [-0.2, 0) is 11.3 Å². The van der Waals surface area contributed by atoms with E-state index in [1.807, 2.05) is 10.3 Å². The zero-order valence-electron chi connectivity index (χ0n) is 13.0. The standard InChI is InChI=1S/C14H16BrN5O3S/c1-22-14-18-11(7-16-12(21)10-6-9(15)8-24-10)17-13(19-14)20-2-4-23-5-3-20/h6,8H,2-5,7H2,1H3,(H,16,21). The molecule has 0 spiro atoms. The van der Waals surface area contributed by atoms with Crippen LogP contribution in [-0.4, -0.2) is 54.3 Å². The third kappa shape index (κ3) is 4.19. The van der Waals surface area contributed by atoms with Crippen LogP contribution in [0.4, 0.5) is 5.95 Å². The Kier molecular flexibility index (Phi) is 5.59. The van der Waals surface area contributed by atoms with Gasteiger partial charge in [0.1, 0.15) is 0 Å². The predicted molar refractivity (Wildman–Crippen MR) is 92.6 cm³/mol. The van der Waals surface area contributed by atoms with Crippen molar-refractivity contribution < 1.29 is 14.3 Å². The molecule has 1 N–H and O–H groups in total. The smallest absolute Gasteiger partial charge is 0.321 e. The molecule has 1 aliphatic rings. The van der Waals surface area contributed by atoms with Gasteiger partial charge in [0, 0.05) is 22.9 Å². The van der Waals surface area contributed by atoms with E-state index in [2.05, 4.69) is 36.2 Å². The maximum Gasteiger partial charge on any atom is 0.321 e. The number of anilines is 1. The summed E-state index contributed by atoms with van der Waals surface area (Å²) in [5, 5.41) is 4.67. The first-order valence-electron chi connectivity index (χ1n) is 7.29. The highest BCUT2D eigenvalue weighted by atomic mass is 79.9. The van der Waals surface area contributed by atoms with Crippen LogP contribution < -0.4 is 15.0 Å². The van der Waals surface area contributed by atoms with Crippen molar-refractivity contribution in [3.05, 3.63) is 26.6 Å². The number of amides is 1. The highest BCUT2D eigenvalue weighted by molar-refractivity contribution is 9.10. The molecule has 0 unspecified atom stereocenters. The van der Waals surface area contributed by atoms with Crippen LogP contribution >= 0.6 is 27.3 Å². The van der Waals surface area contributed by atoms with Gasteiger partial charge in [0.25, 0.3) is 5.91 Å². The van der Waals surface area contributed by atoms with E-state index in [-0.39, 0.29) is 18.5 Å². The second-order valence-corrected chi connectivity index (χ2v) is 6.78. The number of halogens is 1. The third-order valence-corrected chi connectivity index (χ3v) is 5.01. The molecule has 128 valence electrons. The topological polar surface area (TPSA) is 89.5 Å². The molecule has 0 aromatic carbocycles. The summed E-state index contributed by atoms with van der Waals surface area (Å²) in [4.78, 5) is 27.6. The summed E-state index contributed by atoms with van der Waals surface area (Å²) >= 11 is 4.70. The fraction of sp³-hybridized carbons (Fsp3) is 0.429. The maximum absolute atomic E-state index is 12.1. The van der Waals surface area contributed by atoms with Gasteiger partial charge in [-0.25, -0.2) is 0 Å². The lowest BCUT2D eigenvalue weighted by Crippen LogP contribution is -2.37. The van der Waals surface area contributed by atoms with Crippen molar-refractivity contribution in [2.75, 3.05) is 38.3 Å². The Hall–Kier alpha value is -1.78. The Morgan fingerprint density at radius 1 is 1.42 bits per heavy atom. The van der Waals surface area contributed by atoms with Gasteiger partial charge in [-0.2, -0.15) is 15.0 Å². The lowest BCUT2D eigenvalue weighted by atomic mass is 10.4. The van der Waals surface area contributed by atoms with E-state index in [1.54, 1.807) is 6.07 Å². The van der Waals surface area contributed by atoms with Crippen LogP contribution in [0.15, 0.2) is 15.9 Å². The van der Waals surface area contributed by atoms with Crippen LogP contribution in [0, 0.1) is 0 Å². The summed E-state index contributed by atoms with van der Waals surface area (Å²) in [5.41, 5.74) is 0. The summed E-state index contributed by atoms with van der Waals surface area (Å²) in [7, 11) is 1.50. The lowest BCUT2D eigenvalue weighted by Gasteiger charge is -2.26. The number of rotatable bonds is 5. The molecule has 1 saturated heterocycles. The minimum Gasteiger partial charge on any atom is -0.467 e. The third-order valence-electron chi connectivity index (χ3n) is 3.32. The van der Waals surface area contributed by atoms with E-state index in [0.717, 1.165) is 4.47 Å². The van der Waals surface area contributed by atoms with Gasteiger partial charge in [0.05, 0.1) is 31.7 Å². The largest absolute Gasteiger partial charge is 0.467 e. The van der Waals surface area contributed by atoms with Crippen LogP contribution in [0.3, 0.4) is 0 Å². The maximum atomic E-state index is 12.1. The number of ether oxygens (including phenoxy) is 2. The van der Waals surface area contributed by atoms with E-state index in [0.29, 0.717) is 43.0 Å². The van der Waals surface area contributed by atoms with Crippen LogP contribution in [0.25, 0.3) is 0 Å². The molecular formula is C14H16BrN5O3S. The van der Waals surface area contributed by atoms with Gasteiger partial charge in [0.2, 0.25) is 5.95 Å². The molecule has 1 aliphatic heterocycles.